The molecule has 2 aromatic rings. The van der Waals surface area contributed by atoms with Crippen molar-refractivity contribution >= 4 is 21.7 Å². The molecular weight excluding hydrogens is 337 g/mol. The molecule has 0 fully saturated rings. The standard InChI is InChI=1S/C14H8BrF3O2/c15-10-7-5-9(6-8-10)13(19)11-3-1-2-4-12(11)20-14(16,17)18/h1-8H. The van der Waals surface area contributed by atoms with Gasteiger partial charge in [0.05, 0.1) is 5.56 Å². The van der Waals surface area contributed by atoms with Gasteiger partial charge in [0.15, 0.2) is 5.78 Å². The van der Waals surface area contributed by atoms with Crippen LogP contribution in [0.15, 0.2) is 53.0 Å². The zero-order valence-corrected chi connectivity index (χ0v) is 11.5. The lowest BCUT2D eigenvalue weighted by Gasteiger charge is -2.12. The third-order valence-corrected chi connectivity index (χ3v) is 2.99. The van der Waals surface area contributed by atoms with Crippen molar-refractivity contribution in [1.29, 1.82) is 0 Å². The van der Waals surface area contributed by atoms with Crippen molar-refractivity contribution in [2.45, 2.75) is 6.36 Å². The smallest absolute Gasteiger partial charge is 0.405 e. The van der Waals surface area contributed by atoms with Crippen molar-refractivity contribution in [1.82, 2.24) is 0 Å². The van der Waals surface area contributed by atoms with Gasteiger partial charge < -0.3 is 4.74 Å². The second-order valence-corrected chi connectivity index (χ2v) is 4.80. The van der Waals surface area contributed by atoms with Gasteiger partial charge in [-0.3, -0.25) is 4.79 Å². The number of hydrogen-bond donors (Lipinski definition) is 0. The zero-order chi connectivity index (χ0) is 14.8. The summed E-state index contributed by atoms with van der Waals surface area (Å²) in [5.41, 5.74) is 0.151. The minimum absolute atomic E-state index is 0.132. The first kappa shape index (κ1) is 14.6. The molecule has 0 saturated heterocycles. The van der Waals surface area contributed by atoms with Gasteiger partial charge in [-0.1, -0.05) is 28.1 Å². The van der Waals surface area contributed by atoms with Crippen molar-refractivity contribution in [2.75, 3.05) is 0 Å². The van der Waals surface area contributed by atoms with Gasteiger partial charge in [-0.25, -0.2) is 0 Å². The van der Waals surface area contributed by atoms with Crippen LogP contribution in [-0.4, -0.2) is 12.1 Å². The van der Waals surface area contributed by atoms with E-state index in [9.17, 15) is 18.0 Å². The quantitative estimate of drug-likeness (QED) is 0.762. The zero-order valence-electron chi connectivity index (χ0n) is 9.95. The fourth-order valence-electron chi connectivity index (χ4n) is 1.62. The Labute approximate surface area is 121 Å². The predicted octanol–water partition coefficient (Wildman–Crippen LogP) is 4.58. The van der Waals surface area contributed by atoms with Gasteiger partial charge in [0.25, 0.3) is 0 Å². The van der Waals surface area contributed by atoms with Crippen molar-refractivity contribution in [3.8, 4) is 5.75 Å². The van der Waals surface area contributed by atoms with E-state index in [-0.39, 0.29) is 11.1 Å². The van der Waals surface area contributed by atoms with E-state index in [0.717, 1.165) is 10.5 Å². The third kappa shape index (κ3) is 3.60. The molecule has 2 rings (SSSR count). The van der Waals surface area contributed by atoms with Crippen LogP contribution in [0, 0.1) is 0 Å². The van der Waals surface area contributed by atoms with Crippen LogP contribution < -0.4 is 4.74 Å². The Kier molecular flexibility index (Phi) is 4.13. The molecule has 0 heterocycles. The number of benzene rings is 2. The molecule has 0 N–H and O–H groups in total. The molecule has 0 spiro atoms. The Balaban J connectivity index is 2.37. The first-order valence-corrected chi connectivity index (χ1v) is 6.31. The largest absolute Gasteiger partial charge is 0.573 e. The number of hydrogen-bond acceptors (Lipinski definition) is 2. The molecule has 0 atom stereocenters. The van der Waals surface area contributed by atoms with E-state index >= 15 is 0 Å². The van der Waals surface area contributed by atoms with E-state index < -0.39 is 17.9 Å². The van der Waals surface area contributed by atoms with Gasteiger partial charge >= 0.3 is 6.36 Å². The van der Waals surface area contributed by atoms with Gasteiger partial charge in [0, 0.05) is 10.0 Å². The number of halogens is 4. The summed E-state index contributed by atoms with van der Waals surface area (Å²) in [6.07, 6.45) is -4.84. The van der Waals surface area contributed by atoms with Gasteiger partial charge in [0.2, 0.25) is 0 Å². The first-order chi connectivity index (χ1) is 9.37. The van der Waals surface area contributed by atoms with Crippen molar-refractivity contribution in [3.63, 3.8) is 0 Å². The second kappa shape index (κ2) is 5.66. The molecule has 2 aromatic carbocycles. The van der Waals surface area contributed by atoms with Gasteiger partial charge in [-0.05, 0) is 36.4 Å². The van der Waals surface area contributed by atoms with Crippen LogP contribution >= 0.6 is 15.9 Å². The number of carbonyl (C=O) groups excluding carboxylic acids is 1. The highest BCUT2D eigenvalue weighted by molar-refractivity contribution is 9.10. The van der Waals surface area contributed by atoms with E-state index in [4.69, 9.17) is 0 Å². The van der Waals surface area contributed by atoms with Crippen LogP contribution in [0.5, 0.6) is 5.75 Å². The molecule has 0 aromatic heterocycles. The van der Waals surface area contributed by atoms with Crippen molar-refractivity contribution < 1.29 is 22.7 Å². The van der Waals surface area contributed by atoms with Gasteiger partial charge in [0.1, 0.15) is 5.75 Å². The Morgan fingerprint density at radius 2 is 1.60 bits per heavy atom. The molecule has 0 radical (unpaired) electrons. The lowest BCUT2D eigenvalue weighted by molar-refractivity contribution is -0.274. The Morgan fingerprint density at radius 3 is 2.20 bits per heavy atom. The molecule has 104 valence electrons. The summed E-state index contributed by atoms with van der Waals surface area (Å²) in [6.45, 7) is 0. The molecule has 0 saturated carbocycles. The first-order valence-electron chi connectivity index (χ1n) is 5.52. The fourth-order valence-corrected chi connectivity index (χ4v) is 1.89. The molecule has 6 heteroatoms. The van der Waals surface area contributed by atoms with Crippen molar-refractivity contribution in [2.24, 2.45) is 0 Å². The molecular formula is C14H8BrF3O2. The number of para-hydroxylation sites is 1. The summed E-state index contributed by atoms with van der Waals surface area (Å²) in [7, 11) is 0. The van der Waals surface area contributed by atoms with Crippen LogP contribution in [0.2, 0.25) is 0 Å². The summed E-state index contributed by atoms with van der Waals surface area (Å²) in [5, 5.41) is 0. The predicted molar refractivity (Wildman–Crippen MR) is 70.7 cm³/mol. The maximum atomic E-state index is 12.3. The molecule has 0 aliphatic heterocycles. The van der Waals surface area contributed by atoms with E-state index in [2.05, 4.69) is 20.7 Å². The van der Waals surface area contributed by atoms with Crippen LogP contribution in [0.4, 0.5) is 13.2 Å². The van der Waals surface area contributed by atoms with Crippen LogP contribution in [0.1, 0.15) is 15.9 Å². The molecule has 20 heavy (non-hydrogen) atoms. The molecule has 2 nitrogen and oxygen atoms in total. The summed E-state index contributed by atoms with van der Waals surface area (Å²) in [5.74, 6) is -1.04. The van der Waals surface area contributed by atoms with Gasteiger partial charge in [-0.2, -0.15) is 0 Å². The van der Waals surface area contributed by atoms with E-state index in [0.29, 0.717) is 0 Å². The Bertz CT molecular complexity index is 621. The molecule has 0 aliphatic carbocycles. The SMILES string of the molecule is O=C(c1ccc(Br)cc1)c1ccccc1OC(F)(F)F. The average Bonchev–Trinajstić information content (AvgIpc) is 2.37. The summed E-state index contributed by atoms with van der Waals surface area (Å²) in [6, 6.07) is 11.6. The maximum Gasteiger partial charge on any atom is 0.573 e. The normalized spacial score (nSPS) is 11.2. The van der Waals surface area contributed by atoms with Crippen LogP contribution in [0.3, 0.4) is 0 Å². The fraction of sp³-hybridized carbons (Fsp3) is 0.0714. The average molecular weight is 345 g/mol. The van der Waals surface area contributed by atoms with Crippen LogP contribution in [-0.2, 0) is 0 Å². The van der Waals surface area contributed by atoms with E-state index in [1.54, 1.807) is 12.1 Å². The molecule has 0 amide bonds. The van der Waals surface area contributed by atoms with Crippen LogP contribution in [0.25, 0.3) is 0 Å². The van der Waals surface area contributed by atoms with Gasteiger partial charge in [-0.15, -0.1) is 13.2 Å². The minimum atomic E-state index is -4.84. The second-order valence-electron chi connectivity index (χ2n) is 3.88. The summed E-state index contributed by atoms with van der Waals surface area (Å²) < 4.78 is 41.5. The summed E-state index contributed by atoms with van der Waals surface area (Å²) >= 11 is 3.22. The number of alkyl halides is 3. The summed E-state index contributed by atoms with van der Waals surface area (Å²) in [4.78, 5) is 12.2. The topological polar surface area (TPSA) is 26.3 Å². The van der Waals surface area contributed by atoms with E-state index in [1.165, 1.54) is 30.3 Å². The number of ketones is 1. The molecule has 0 bridgehead atoms. The minimum Gasteiger partial charge on any atom is -0.405 e. The van der Waals surface area contributed by atoms with Crippen molar-refractivity contribution in [3.05, 3.63) is 64.1 Å². The van der Waals surface area contributed by atoms with E-state index in [1.807, 2.05) is 0 Å². The Morgan fingerprint density at radius 1 is 1.00 bits per heavy atom. The number of rotatable bonds is 3. The Hall–Kier alpha value is -1.82. The highest BCUT2D eigenvalue weighted by Gasteiger charge is 2.32. The number of ether oxygens (including phenoxy) is 1. The highest BCUT2D eigenvalue weighted by atomic mass is 79.9. The monoisotopic (exact) mass is 344 g/mol. The molecule has 0 aliphatic rings. The lowest BCUT2D eigenvalue weighted by Crippen LogP contribution is -2.19. The number of carbonyl (C=O) groups is 1. The third-order valence-electron chi connectivity index (χ3n) is 2.46. The highest BCUT2D eigenvalue weighted by Crippen LogP contribution is 2.28. The lowest BCUT2D eigenvalue weighted by atomic mass is 10.0. The maximum absolute atomic E-state index is 12.3. The molecule has 0 unspecified atom stereocenters.